The van der Waals surface area contributed by atoms with Crippen molar-refractivity contribution in [3.63, 3.8) is 0 Å². The Bertz CT molecular complexity index is 1240. The molecule has 0 bridgehead atoms. The summed E-state index contributed by atoms with van der Waals surface area (Å²) in [7, 11) is 0. The highest BCUT2D eigenvalue weighted by atomic mass is 32.2. The second-order valence-corrected chi connectivity index (χ2v) is 9.74. The smallest absolute Gasteiger partial charge is 0.322 e. The van der Waals surface area contributed by atoms with Gasteiger partial charge in [0.25, 0.3) is 0 Å². The summed E-state index contributed by atoms with van der Waals surface area (Å²) in [5, 5.41) is 11.5. The molecule has 3 aromatic carbocycles. The number of carbonyl (C=O) groups is 1. The van der Waals surface area contributed by atoms with E-state index >= 15 is 0 Å². The van der Waals surface area contributed by atoms with Crippen molar-refractivity contribution in [3.05, 3.63) is 95.4 Å². The minimum absolute atomic E-state index is 0.0865. The Labute approximate surface area is 196 Å². The fourth-order valence-corrected chi connectivity index (χ4v) is 4.72. The SMILES string of the molecule is CC(C)Sc1ccc(Cc2nnc(NC(=O)C3c4ccccc4Oc4ccccc43)o2)cc1. The monoisotopic (exact) mass is 457 g/mol. The van der Waals surface area contributed by atoms with E-state index in [9.17, 15) is 4.79 Å². The van der Waals surface area contributed by atoms with Crippen LogP contribution in [0, 0.1) is 0 Å². The molecule has 1 aromatic heterocycles. The van der Waals surface area contributed by atoms with Crippen LogP contribution in [0.5, 0.6) is 11.5 Å². The molecule has 6 nitrogen and oxygen atoms in total. The third kappa shape index (κ3) is 4.64. The van der Waals surface area contributed by atoms with E-state index in [4.69, 9.17) is 9.15 Å². The molecular weight excluding hydrogens is 434 g/mol. The number of nitrogens with zero attached hydrogens (tertiary/aromatic N) is 2. The van der Waals surface area contributed by atoms with Crippen molar-refractivity contribution in [3.8, 4) is 11.5 Å². The van der Waals surface area contributed by atoms with Gasteiger partial charge in [-0.15, -0.1) is 16.9 Å². The highest BCUT2D eigenvalue weighted by molar-refractivity contribution is 7.99. The predicted octanol–water partition coefficient (Wildman–Crippen LogP) is 6.04. The van der Waals surface area contributed by atoms with Crippen LogP contribution in [0.4, 0.5) is 6.01 Å². The first-order chi connectivity index (χ1) is 16.1. The number of para-hydroxylation sites is 2. The van der Waals surface area contributed by atoms with E-state index < -0.39 is 5.92 Å². The van der Waals surface area contributed by atoms with Crippen LogP contribution in [-0.2, 0) is 11.2 Å². The third-order valence-corrected chi connectivity index (χ3v) is 6.31. The van der Waals surface area contributed by atoms with Gasteiger partial charge in [-0.3, -0.25) is 10.1 Å². The number of hydrogen-bond donors (Lipinski definition) is 1. The van der Waals surface area contributed by atoms with Gasteiger partial charge in [0.2, 0.25) is 11.8 Å². The molecule has 0 aliphatic carbocycles. The molecule has 7 heteroatoms. The normalized spacial score (nSPS) is 12.7. The van der Waals surface area contributed by atoms with Crippen LogP contribution in [0.25, 0.3) is 0 Å². The summed E-state index contributed by atoms with van der Waals surface area (Å²) in [4.78, 5) is 14.5. The highest BCUT2D eigenvalue weighted by Gasteiger charge is 2.33. The maximum atomic E-state index is 13.3. The minimum atomic E-state index is -0.535. The Morgan fingerprint density at radius 2 is 1.58 bits per heavy atom. The van der Waals surface area contributed by atoms with Crippen LogP contribution in [0.1, 0.15) is 42.3 Å². The van der Waals surface area contributed by atoms with Crippen LogP contribution < -0.4 is 10.1 Å². The molecule has 0 fully saturated rings. The number of ether oxygens (including phenoxy) is 1. The molecule has 4 aromatic rings. The van der Waals surface area contributed by atoms with Crippen LogP contribution in [0.15, 0.2) is 82.1 Å². The molecule has 5 rings (SSSR count). The van der Waals surface area contributed by atoms with Gasteiger partial charge in [0, 0.05) is 21.3 Å². The van der Waals surface area contributed by atoms with Gasteiger partial charge < -0.3 is 9.15 Å². The zero-order chi connectivity index (χ0) is 22.8. The lowest BCUT2D eigenvalue weighted by Crippen LogP contribution is -2.25. The minimum Gasteiger partial charge on any atom is -0.457 e. The van der Waals surface area contributed by atoms with Crippen molar-refractivity contribution in [2.45, 2.75) is 36.3 Å². The Balaban J connectivity index is 1.32. The quantitative estimate of drug-likeness (QED) is 0.356. The number of aromatic nitrogens is 2. The number of fused-ring (bicyclic) bond motifs is 2. The van der Waals surface area contributed by atoms with Crippen molar-refractivity contribution in [2.75, 3.05) is 5.32 Å². The highest BCUT2D eigenvalue weighted by Crippen LogP contribution is 2.44. The van der Waals surface area contributed by atoms with E-state index in [1.54, 1.807) is 0 Å². The third-order valence-electron chi connectivity index (χ3n) is 5.29. The molecule has 2 heterocycles. The van der Waals surface area contributed by atoms with Gasteiger partial charge in [-0.25, -0.2) is 0 Å². The fraction of sp³-hybridized carbons (Fsp3) is 0.192. The second kappa shape index (κ2) is 9.11. The van der Waals surface area contributed by atoms with Gasteiger partial charge >= 0.3 is 6.01 Å². The van der Waals surface area contributed by atoms with Crippen molar-refractivity contribution in [2.24, 2.45) is 0 Å². The molecule has 1 aliphatic rings. The van der Waals surface area contributed by atoms with Crippen molar-refractivity contribution in [1.82, 2.24) is 10.2 Å². The van der Waals surface area contributed by atoms with Crippen LogP contribution in [-0.4, -0.2) is 21.4 Å². The van der Waals surface area contributed by atoms with Crippen molar-refractivity contribution in [1.29, 1.82) is 0 Å². The number of benzene rings is 3. The maximum absolute atomic E-state index is 13.3. The van der Waals surface area contributed by atoms with Gasteiger partial charge in [-0.2, -0.15) is 0 Å². The first-order valence-corrected chi connectivity index (χ1v) is 11.7. The summed E-state index contributed by atoms with van der Waals surface area (Å²) in [6.45, 7) is 4.34. The summed E-state index contributed by atoms with van der Waals surface area (Å²) >= 11 is 1.82. The largest absolute Gasteiger partial charge is 0.457 e. The predicted molar refractivity (Wildman–Crippen MR) is 128 cm³/mol. The van der Waals surface area contributed by atoms with Gasteiger partial charge in [-0.1, -0.05) is 67.5 Å². The molecule has 1 amide bonds. The molecule has 0 spiro atoms. The van der Waals surface area contributed by atoms with E-state index in [1.807, 2.05) is 60.3 Å². The molecule has 1 N–H and O–H groups in total. The number of thioether (sulfide) groups is 1. The number of anilines is 1. The standard InChI is InChI=1S/C26H23N3O3S/c1-16(2)33-18-13-11-17(12-14-18)15-23-28-29-26(32-23)27-25(30)24-19-7-3-5-9-21(19)31-22-10-6-4-8-20(22)24/h3-14,16,24H,15H2,1-2H3,(H,27,29,30). The van der Waals surface area contributed by atoms with E-state index in [1.165, 1.54) is 4.90 Å². The Morgan fingerprint density at radius 1 is 0.939 bits per heavy atom. The van der Waals surface area contributed by atoms with Crippen molar-refractivity contribution >= 4 is 23.7 Å². The first-order valence-electron chi connectivity index (χ1n) is 10.8. The van der Waals surface area contributed by atoms with Gasteiger partial charge in [0.15, 0.2) is 0 Å². The molecule has 166 valence electrons. The zero-order valence-corrected chi connectivity index (χ0v) is 19.1. The van der Waals surface area contributed by atoms with Crippen LogP contribution in [0.3, 0.4) is 0 Å². The van der Waals surface area contributed by atoms with Crippen molar-refractivity contribution < 1.29 is 13.9 Å². The van der Waals surface area contributed by atoms with Gasteiger partial charge in [0.05, 0.1) is 12.3 Å². The molecule has 0 saturated heterocycles. The second-order valence-electron chi connectivity index (χ2n) is 8.09. The molecule has 33 heavy (non-hydrogen) atoms. The topological polar surface area (TPSA) is 77.2 Å². The number of amides is 1. The number of hydrogen-bond acceptors (Lipinski definition) is 6. The van der Waals surface area contributed by atoms with Gasteiger partial charge in [0.1, 0.15) is 11.5 Å². The molecule has 0 saturated carbocycles. The Hall–Kier alpha value is -3.58. The molecule has 1 aliphatic heterocycles. The first kappa shape index (κ1) is 21.3. The zero-order valence-electron chi connectivity index (χ0n) is 18.3. The fourth-order valence-electron chi connectivity index (χ4n) is 3.88. The van der Waals surface area contributed by atoms with Crippen LogP contribution in [0.2, 0.25) is 0 Å². The van der Waals surface area contributed by atoms with E-state index in [-0.39, 0.29) is 11.9 Å². The molecular formula is C26H23N3O3S. The number of carbonyl (C=O) groups excluding carboxylic acids is 1. The Kier molecular flexibility index (Phi) is 5.88. The van der Waals surface area contributed by atoms with E-state index in [0.717, 1.165) is 16.7 Å². The maximum Gasteiger partial charge on any atom is 0.322 e. The number of rotatable bonds is 6. The summed E-state index contributed by atoms with van der Waals surface area (Å²) in [5.41, 5.74) is 2.66. The molecule has 0 radical (unpaired) electrons. The van der Waals surface area contributed by atoms with E-state index in [2.05, 4.69) is 53.6 Å². The molecule has 0 atom stereocenters. The average molecular weight is 458 g/mol. The lowest BCUT2D eigenvalue weighted by Gasteiger charge is -2.26. The lowest BCUT2D eigenvalue weighted by atomic mass is 9.87. The van der Waals surface area contributed by atoms with E-state index in [0.29, 0.717) is 29.1 Å². The summed E-state index contributed by atoms with van der Waals surface area (Å²) in [6.07, 6.45) is 0.498. The summed E-state index contributed by atoms with van der Waals surface area (Å²) in [6, 6.07) is 23.5. The number of nitrogens with one attached hydrogen (secondary N) is 1. The average Bonchev–Trinajstić information content (AvgIpc) is 3.24. The Morgan fingerprint density at radius 3 is 2.21 bits per heavy atom. The van der Waals surface area contributed by atoms with Crippen LogP contribution >= 0.6 is 11.8 Å². The lowest BCUT2D eigenvalue weighted by molar-refractivity contribution is -0.117. The molecule has 0 unspecified atom stereocenters. The van der Waals surface area contributed by atoms with Gasteiger partial charge in [-0.05, 0) is 29.8 Å². The summed E-state index contributed by atoms with van der Waals surface area (Å²) < 4.78 is 11.7. The summed E-state index contributed by atoms with van der Waals surface area (Å²) in [5.74, 6) is 1.00.